The van der Waals surface area contributed by atoms with Gasteiger partial charge >= 0.3 is 0 Å². The van der Waals surface area contributed by atoms with Gasteiger partial charge in [-0.1, -0.05) is 32.9 Å². The zero-order valence-electron chi connectivity index (χ0n) is 7.58. The first kappa shape index (κ1) is 10.5. The summed E-state index contributed by atoms with van der Waals surface area (Å²) in [5, 5.41) is 0. The zero-order valence-corrected chi connectivity index (χ0v) is 9.49. The molecule has 0 aromatic carbocycles. The maximum Gasteiger partial charge on any atom is 0.0554 e. The summed E-state index contributed by atoms with van der Waals surface area (Å²) in [6.07, 6.45) is 3.75. The van der Waals surface area contributed by atoms with Gasteiger partial charge in [0.2, 0.25) is 0 Å². The third-order valence-corrected chi connectivity index (χ3v) is 6.42. The summed E-state index contributed by atoms with van der Waals surface area (Å²) >= 11 is 6.31. The van der Waals surface area contributed by atoms with Gasteiger partial charge in [0.15, 0.2) is 0 Å². The van der Waals surface area contributed by atoms with Gasteiger partial charge in [0.05, 0.1) is 8.80 Å². The summed E-state index contributed by atoms with van der Waals surface area (Å²) in [6, 6.07) is 0. The van der Waals surface area contributed by atoms with Crippen molar-refractivity contribution in [1.82, 2.24) is 0 Å². The molecule has 0 aromatic heterocycles. The second kappa shape index (κ2) is 4.40. The van der Waals surface area contributed by atoms with Crippen LogP contribution in [0.5, 0.6) is 0 Å². The molecule has 0 fully saturated rings. The summed E-state index contributed by atoms with van der Waals surface area (Å²) in [5.74, 6) is 0. The fraction of sp³-hybridized carbons (Fsp3) is 1.00. The lowest BCUT2D eigenvalue weighted by Crippen LogP contribution is -2.32. The molecule has 1 atom stereocenters. The highest BCUT2D eigenvalue weighted by molar-refractivity contribution is 6.69. The van der Waals surface area contributed by atoms with Crippen LogP contribution in [0, 0.1) is 0 Å². The molecule has 0 radical (unpaired) electrons. The van der Waals surface area contributed by atoms with E-state index in [2.05, 4.69) is 26.9 Å². The van der Waals surface area contributed by atoms with Crippen molar-refractivity contribution in [3.8, 4) is 0 Å². The van der Waals surface area contributed by atoms with Gasteiger partial charge in [0.25, 0.3) is 0 Å². The smallest absolute Gasteiger partial charge is 0.0554 e. The third-order valence-electron chi connectivity index (χ3n) is 2.22. The summed E-state index contributed by atoms with van der Waals surface area (Å²) in [6.45, 7) is 9.06. The van der Waals surface area contributed by atoms with Gasteiger partial charge in [-0.15, -0.1) is 11.6 Å². The first-order valence-corrected chi connectivity index (χ1v) is 7.46. The van der Waals surface area contributed by atoms with E-state index in [-0.39, 0.29) is 4.50 Å². The predicted molar refractivity (Wildman–Crippen MR) is 52.7 cm³/mol. The molecule has 0 saturated heterocycles. The number of hydrogen-bond acceptors (Lipinski definition) is 0. The van der Waals surface area contributed by atoms with Crippen LogP contribution in [0.3, 0.4) is 0 Å². The molecule has 1 unspecified atom stereocenters. The van der Waals surface area contributed by atoms with Gasteiger partial charge in [-0.05, 0) is 13.3 Å². The van der Waals surface area contributed by atoms with E-state index in [1.807, 2.05) is 0 Å². The quantitative estimate of drug-likeness (QED) is 0.458. The van der Waals surface area contributed by atoms with Crippen molar-refractivity contribution < 1.29 is 0 Å². The number of rotatable bonds is 4. The van der Waals surface area contributed by atoms with Gasteiger partial charge in [-0.25, -0.2) is 0 Å². The number of unbranched alkanes of at least 4 members (excludes halogenated alkanes) is 1. The lowest BCUT2D eigenvalue weighted by Gasteiger charge is -2.25. The largest absolute Gasteiger partial charge is 0.124 e. The minimum absolute atomic E-state index is 0.163. The molecule has 0 rings (SSSR count). The van der Waals surface area contributed by atoms with Crippen molar-refractivity contribution in [3.63, 3.8) is 0 Å². The molecule has 62 valence electrons. The fourth-order valence-electron chi connectivity index (χ4n) is 0.811. The Hall–Kier alpha value is 0.507. The molecule has 0 aliphatic carbocycles. The first-order chi connectivity index (χ1) is 4.50. The van der Waals surface area contributed by atoms with E-state index in [0.717, 1.165) is 0 Å². The molecule has 0 bridgehead atoms. The van der Waals surface area contributed by atoms with Crippen molar-refractivity contribution in [1.29, 1.82) is 0 Å². The maximum atomic E-state index is 6.31. The van der Waals surface area contributed by atoms with E-state index in [1.54, 1.807) is 0 Å². The van der Waals surface area contributed by atoms with Crippen LogP contribution in [-0.4, -0.2) is 13.3 Å². The van der Waals surface area contributed by atoms with E-state index in [9.17, 15) is 0 Å². The Morgan fingerprint density at radius 3 is 2.20 bits per heavy atom. The third kappa shape index (κ3) is 3.62. The maximum absolute atomic E-state index is 6.31. The van der Waals surface area contributed by atoms with E-state index in [1.165, 1.54) is 19.3 Å². The topological polar surface area (TPSA) is 0 Å². The van der Waals surface area contributed by atoms with Crippen molar-refractivity contribution >= 4 is 20.4 Å². The standard InChI is InChI=1S/C8H19ClSi/c1-5-6-7-8(2,9)10(3)4/h10H,5-7H2,1-4H3. The van der Waals surface area contributed by atoms with Crippen molar-refractivity contribution in [2.24, 2.45) is 0 Å². The van der Waals surface area contributed by atoms with Crippen LogP contribution < -0.4 is 0 Å². The Morgan fingerprint density at radius 1 is 1.40 bits per heavy atom. The summed E-state index contributed by atoms with van der Waals surface area (Å²) in [7, 11) is -0.646. The normalized spacial score (nSPS) is 17.4. The highest BCUT2D eigenvalue weighted by Gasteiger charge is 2.24. The Labute approximate surface area is 71.6 Å². The molecule has 0 saturated carbocycles. The Bertz CT molecular complexity index is 89.3. The van der Waals surface area contributed by atoms with Crippen LogP contribution in [0.1, 0.15) is 33.1 Å². The number of alkyl halides is 1. The molecule has 0 aromatic rings. The second-order valence-electron chi connectivity index (χ2n) is 3.54. The summed E-state index contributed by atoms with van der Waals surface area (Å²) < 4.78 is 0.163. The van der Waals surface area contributed by atoms with E-state index in [4.69, 9.17) is 11.6 Å². The van der Waals surface area contributed by atoms with E-state index >= 15 is 0 Å². The van der Waals surface area contributed by atoms with E-state index in [0.29, 0.717) is 0 Å². The average Bonchev–Trinajstić information content (AvgIpc) is 1.84. The molecule has 0 N–H and O–H groups in total. The highest BCUT2D eigenvalue weighted by atomic mass is 35.5. The van der Waals surface area contributed by atoms with Crippen LogP contribution in [0.25, 0.3) is 0 Å². The molecule has 0 aliphatic heterocycles. The minimum Gasteiger partial charge on any atom is -0.124 e. The highest BCUT2D eigenvalue weighted by Crippen LogP contribution is 2.24. The van der Waals surface area contributed by atoms with Crippen LogP contribution in [-0.2, 0) is 0 Å². The molecule has 0 aliphatic rings. The molecule has 0 amide bonds. The molecule has 0 nitrogen and oxygen atoms in total. The Morgan fingerprint density at radius 2 is 1.90 bits per heavy atom. The molecular formula is C8H19ClSi. The average molecular weight is 179 g/mol. The van der Waals surface area contributed by atoms with Gasteiger partial charge in [-0.3, -0.25) is 0 Å². The summed E-state index contributed by atoms with van der Waals surface area (Å²) in [4.78, 5) is 0. The van der Waals surface area contributed by atoms with Gasteiger partial charge in [0.1, 0.15) is 0 Å². The van der Waals surface area contributed by atoms with Crippen molar-refractivity contribution in [2.75, 3.05) is 0 Å². The lowest BCUT2D eigenvalue weighted by molar-refractivity contribution is 0.660. The second-order valence-corrected chi connectivity index (χ2v) is 8.35. The minimum atomic E-state index is -0.646. The molecule has 10 heavy (non-hydrogen) atoms. The SMILES string of the molecule is CCCCC(C)(Cl)[SiH](C)C. The van der Waals surface area contributed by atoms with Gasteiger partial charge < -0.3 is 0 Å². The molecule has 0 spiro atoms. The van der Waals surface area contributed by atoms with Crippen LogP contribution >= 0.6 is 11.6 Å². The van der Waals surface area contributed by atoms with Crippen molar-refractivity contribution in [3.05, 3.63) is 0 Å². The first-order valence-electron chi connectivity index (χ1n) is 4.19. The summed E-state index contributed by atoms with van der Waals surface area (Å²) in [5.41, 5.74) is 0. The number of halogens is 1. The van der Waals surface area contributed by atoms with Crippen molar-refractivity contribution in [2.45, 2.75) is 50.7 Å². The lowest BCUT2D eigenvalue weighted by atomic mass is 10.2. The Kier molecular flexibility index (Phi) is 4.62. The van der Waals surface area contributed by atoms with Crippen LogP contribution in [0.2, 0.25) is 13.1 Å². The van der Waals surface area contributed by atoms with Gasteiger partial charge in [0, 0.05) is 4.50 Å². The number of hydrogen-bond donors (Lipinski definition) is 0. The zero-order chi connectivity index (χ0) is 8.20. The monoisotopic (exact) mass is 178 g/mol. The molecule has 0 heterocycles. The molecular weight excluding hydrogens is 160 g/mol. The predicted octanol–water partition coefficient (Wildman–Crippen LogP) is 3.20. The Balaban J connectivity index is 3.63. The van der Waals surface area contributed by atoms with Gasteiger partial charge in [-0.2, -0.15) is 0 Å². The van der Waals surface area contributed by atoms with E-state index < -0.39 is 8.80 Å². The van der Waals surface area contributed by atoms with Crippen LogP contribution in [0.4, 0.5) is 0 Å². The fourth-order valence-corrected chi connectivity index (χ4v) is 1.73. The van der Waals surface area contributed by atoms with Crippen LogP contribution in [0.15, 0.2) is 0 Å². The molecule has 2 heteroatoms.